The third-order valence-electron chi connectivity index (χ3n) is 4.36. The molecule has 1 aliphatic carbocycles. The average molecular weight is 275 g/mol. The molecule has 110 valence electrons. The lowest BCUT2D eigenvalue weighted by molar-refractivity contribution is 0.286. The molecule has 1 heterocycles. The van der Waals surface area contributed by atoms with Gasteiger partial charge in [0, 0.05) is 6.54 Å². The summed E-state index contributed by atoms with van der Waals surface area (Å²) in [5.74, 6) is 2.21. The Labute approximate surface area is 121 Å². The SMILES string of the molecule is CCCNC1(C#N)CCCC1CCn1nc(C)nc1C. The van der Waals surface area contributed by atoms with Crippen LogP contribution in [0, 0.1) is 31.1 Å². The van der Waals surface area contributed by atoms with Crippen LogP contribution in [0.15, 0.2) is 0 Å². The van der Waals surface area contributed by atoms with Crippen LogP contribution < -0.4 is 5.32 Å². The number of aromatic nitrogens is 3. The van der Waals surface area contributed by atoms with Gasteiger partial charge in [-0.2, -0.15) is 10.4 Å². The zero-order valence-electron chi connectivity index (χ0n) is 12.8. The van der Waals surface area contributed by atoms with Gasteiger partial charge in [0.15, 0.2) is 0 Å². The smallest absolute Gasteiger partial charge is 0.147 e. The van der Waals surface area contributed by atoms with E-state index in [9.17, 15) is 5.26 Å². The number of rotatable bonds is 6. The molecule has 0 aromatic carbocycles. The van der Waals surface area contributed by atoms with Gasteiger partial charge in [0.25, 0.3) is 0 Å². The number of hydrogen-bond donors (Lipinski definition) is 1. The molecule has 0 radical (unpaired) electrons. The molecule has 2 atom stereocenters. The van der Waals surface area contributed by atoms with Crippen molar-refractivity contribution in [1.82, 2.24) is 20.1 Å². The molecule has 0 amide bonds. The second kappa shape index (κ2) is 6.36. The summed E-state index contributed by atoms with van der Waals surface area (Å²) in [6, 6.07) is 2.56. The molecule has 2 rings (SSSR count). The lowest BCUT2D eigenvalue weighted by atomic mass is 9.85. The normalized spacial score (nSPS) is 25.8. The quantitative estimate of drug-likeness (QED) is 0.865. The second-order valence-corrected chi connectivity index (χ2v) is 5.82. The molecule has 5 nitrogen and oxygen atoms in total. The van der Waals surface area contributed by atoms with Crippen molar-refractivity contribution < 1.29 is 0 Å². The van der Waals surface area contributed by atoms with Crippen LogP contribution in [-0.4, -0.2) is 26.8 Å². The fourth-order valence-electron chi connectivity index (χ4n) is 3.29. The van der Waals surface area contributed by atoms with Gasteiger partial charge in [-0.05, 0) is 52.0 Å². The summed E-state index contributed by atoms with van der Waals surface area (Å²) in [5, 5.41) is 17.5. The summed E-state index contributed by atoms with van der Waals surface area (Å²) in [6.07, 6.45) is 5.32. The zero-order valence-corrected chi connectivity index (χ0v) is 12.8. The number of nitrogens with one attached hydrogen (secondary N) is 1. The molecule has 1 aromatic rings. The Kier molecular flexibility index (Phi) is 4.77. The maximum atomic E-state index is 9.62. The van der Waals surface area contributed by atoms with E-state index in [1.807, 2.05) is 18.5 Å². The van der Waals surface area contributed by atoms with Crippen molar-refractivity contribution in [1.29, 1.82) is 5.26 Å². The van der Waals surface area contributed by atoms with Crippen molar-refractivity contribution >= 4 is 0 Å². The molecule has 2 unspecified atom stereocenters. The summed E-state index contributed by atoms with van der Waals surface area (Å²) in [4.78, 5) is 4.33. The Morgan fingerprint density at radius 2 is 2.30 bits per heavy atom. The molecular weight excluding hydrogens is 250 g/mol. The van der Waals surface area contributed by atoms with Crippen LogP contribution in [0.3, 0.4) is 0 Å². The van der Waals surface area contributed by atoms with Crippen molar-refractivity contribution in [2.24, 2.45) is 5.92 Å². The predicted molar refractivity (Wildman–Crippen MR) is 78.1 cm³/mol. The molecule has 5 heteroatoms. The molecule has 20 heavy (non-hydrogen) atoms. The molecule has 1 aliphatic rings. The Bertz CT molecular complexity index is 487. The highest BCUT2D eigenvalue weighted by Crippen LogP contribution is 2.37. The van der Waals surface area contributed by atoms with Crippen molar-refractivity contribution in [2.75, 3.05) is 6.54 Å². The molecule has 1 fully saturated rings. The number of hydrogen-bond acceptors (Lipinski definition) is 4. The predicted octanol–water partition coefficient (Wildman–Crippen LogP) is 2.35. The minimum atomic E-state index is -0.320. The van der Waals surface area contributed by atoms with Crippen LogP contribution in [-0.2, 0) is 6.54 Å². The Hall–Kier alpha value is -1.41. The highest BCUT2D eigenvalue weighted by Gasteiger charge is 2.42. The first-order valence-corrected chi connectivity index (χ1v) is 7.65. The number of nitrogens with zero attached hydrogens (tertiary/aromatic N) is 4. The number of aryl methyl sites for hydroxylation is 3. The molecular formula is C15H25N5. The van der Waals surface area contributed by atoms with Gasteiger partial charge < -0.3 is 0 Å². The van der Waals surface area contributed by atoms with E-state index in [2.05, 4.69) is 28.4 Å². The van der Waals surface area contributed by atoms with E-state index in [1.54, 1.807) is 0 Å². The molecule has 0 spiro atoms. The van der Waals surface area contributed by atoms with E-state index in [0.29, 0.717) is 5.92 Å². The minimum Gasteiger partial charge on any atom is -0.299 e. The summed E-state index contributed by atoms with van der Waals surface area (Å²) >= 11 is 0. The number of nitriles is 1. The lowest BCUT2D eigenvalue weighted by Crippen LogP contribution is -2.47. The molecule has 1 saturated carbocycles. The zero-order chi connectivity index (χ0) is 14.6. The topological polar surface area (TPSA) is 66.5 Å². The molecule has 0 saturated heterocycles. The Morgan fingerprint density at radius 1 is 1.50 bits per heavy atom. The van der Waals surface area contributed by atoms with Gasteiger partial charge in [-0.25, -0.2) is 4.98 Å². The van der Waals surface area contributed by atoms with Crippen LogP contribution >= 0.6 is 0 Å². The van der Waals surface area contributed by atoms with Crippen molar-refractivity contribution in [3.63, 3.8) is 0 Å². The third kappa shape index (κ3) is 3.01. The van der Waals surface area contributed by atoms with Gasteiger partial charge in [0.2, 0.25) is 0 Å². The summed E-state index contributed by atoms with van der Waals surface area (Å²) in [6.45, 7) is 7.83. The van der Waals surface area contributed by atoms with Gasteiger partial charge in [0.05, 0.1) is 6.07 Å². The minimum absolute atomic E-state index is 0.320. The average Bonchev–Trinajstić information content (AvgIpc) is 2.98. The summed E-state index contributed by atoms with van der Waals surface area (Å²) in [7, 11) is 0. The fraction of sp³-hybridized carbons (Fsp3) is 0.800. The van der Waals surface area contributed by atoms with E-state index in [-0.39, 0.29) is 5.54 Å². The molecule has 1 N–H and O–H groups in total. The highest BCUT2D eigenvalue weighted by atomic mass is 15.3. The summed E-state index contributed by atoms with van der Waals surface area (Å²) in [5.41, 5.74) is -0.320. The van der Waals surface area contributed by atoms with E-state index in [1.165, 1.54) is 0 Å². The van der Waals surface area contributed by atoms with E-state index in [0.717, 1.165) is 56.8 Å². The van der Waals surface area contributed by atoms with E-state index in [4.69, 9.17) is 0 Å². The molecule has 1 aromatic heterocycles. The van der Waals surface area contributed by atoms with Crippen LogP contribution in [0.5, 0.6) is 0 Å². The van der Waals surface area contributed by atoms with E-state index < -0.39 is 0 Å². The highest BCUT2D eigenvalue weighted by molar-refractivity contribution is 5.14. The standard InChI is InChI=1S/C15H25N5/c1-4-9-17-15(11-16)8-5-6-14(15)7-10-20-13(3)18-12(2)19-20/h14,17H,4-10H2,1-3H3. The van der Waals surface area contributed by atoms with Crippen LogP contribution in [0.4, 0.5) is 0 Å². The van der Waals surface area contributed by atoms with Gasteiger partial charge in [-0.3, -0.25) is 10.00 Å². The third-order valence-corrected chi connectivity index (χ3v) is 4.36. The van der Waals surface area contributed by atoms with Gasteiger partial charge in [-0.15, -0.1) is 0 Å². The van der Waals surface area contributed by atoms with Crippen LogP contribution in [0.1, 0.15) is 50.7 Å². The Balaban J connectivity index is 2.00. The maximum absolute atomic E-state index is 9.62. The second-order valence-electron chi connectivity index (χ2n) is 5.82. The fourth-order valence-corrected chi connectivity index (χ4v) is 3.29. The van der Waals surface area contributed by atoms with Crippen molar-refractivity contribution in [2.45, 2.75) is 65.0 Å². The first-order valence-electron chi connectivity index (χ1n) is 7.65. The molecule has 0 bridgehead atoms. The van der Waals surface area contributed by atoms with Crippen LogP contribution in [0.2, 0.25) is 0 Å². The van der Waals surface area contributed by atoms with Crippen molar-refractivity contribution in [3.05, 3.63) is 11.6 Å². The van der Waals surface area contributed by atoms with E-state index >= 15 is 0 Å². The van der Waals surface area contributed by atoms with Crippen molar-refractivity contribution in [3.8, 4) is 6.07 Å². The Morgan fingerprint density at radius 3 is 2.90 bits per heavy atom. The monoisotopic (exact) mass is 275 g/mol. The van der Waals surface area contributed by atoms with Gasteiger partial charge in [-0.1, -0.05) is 13.3 Å². The van der Waals surface area contributed by atoms with Gasteiger partial charge in [0.1, 0.15) is 17.2 Å². The largest absolute Gasteiger partial charge is 0.299 e. The maximum Gasteiger partial charge on any atom is 0.147 e. The lowest BCUT2D eigenvalue weighted by Gasteiger charge is -2.30. The first-order chi connectivity index (χ1) is 9.61. The van der Waals surface area contributed by atoms with Crippen LogP contribution in [0.25, 0.3) is 0 Å². The molecule has 0 aliphatic heterocycles. The first kappa shape index (κ1) is 15.0. The summed E-state index contributed by atoms with van der Waals surface area (Å²) < 4.78 is 1.97. The van der Waals surface area contributed by atoms with Gasteiger partial charge >= 0.3 is 0 Å².